The molecule has 8 heteroatoms. The number of aromatic nitrogens is 2. The van der Waals surface area contributed by atoms with E-state index < -0.39 is 12.1 Å². The van der Waals surface area contributed by atoms with E-state index in [1.54, 1.807) is 0 Å². The van der Waals surface area contributed by atoms with E-state index in [0.29, 0.717) is 0 Å². The second-order valence-electron chi connectivity index (χ2n) is 6.79. The van der Waals surface area contributed by atoms with Crippen molar-refractivity contribution in [3.63, 3.8) is 0 Å². The fourth-order valence-corrected chi connectivity index (χ4v) is 3.73. The summed E-state index contributed by atoms with van der Waals surface area (Å²) in [5, 5.41) is 24.5. The highest BCUT2D eigenvalue weighted by molar-refractivity contribution is 5.97. The molecule has 0 atom stereocenters. The lowest BCUT2D eigenvalue weighted by atomic mass is 9.98. The van der Waals surface area contributed by atoms with Crippen LogP contribution >= 0.6 is 0 Å². The number of aromatic carboxylic acids is 1. The number of ether oxygens (including phenoxy) is 1. The largest absolute Gasteiger partial charge is 0.477 e. The van der Waals surface area contributed by atoms with E-state index >= 15 is 0 Å². The monoisotopic (exact) mass is 402 g/mol. The van der Waals surface area contributed by atoms with E-state index in [9.17, 15) is 14.7 Å². The van der Waals surface area contributed by atoms with Crippen LogP contribution in [-0.2, 0) is 11.3 Å². The first-order valence-electron chi connectivity index (χ1n) is 9.38. The van der Waals surface area contributed by atoms with Crippen molar-refractivity contribution in [3.8, 4) is 17.2 Å². The van der Waals surface area contributed by atoms with Crippen LogP contribution in [0.1, 0.15) is 33.8 Å². The van der Waals surface area contributed by atoms with Gasteiger partial charge in [0, 0.05) is 5.92 Å². The van der Waals surface area contributed by atoms with Crippen molar-refractivity contribution in [2.75, 3.05) is 11.9 Å². The highest BCUT2D eigenvalue weighted by Crippen LogP contribution is 2.44. The lowest BCUT2D eigenvalue weighted by molar-refractivity contribution is 0.0698. The second-order valence-corrected chi connectivity index (χ2v) is 6.79. The molecule has 8 nitrogen and oxygen atoms in total. The summed E-state index contributed by atoms with van der Waals surface area (Å²) < 4.78 is 6.73. The van der Waals surface area contributed by atoms with Gasteiger partial charge in [-0.1, -0.05) is 48.5 Å². The number of carbonyl (C=O) groups excluding carboxylic acids is 1. The third-order valence-electron chi connectivity index (χ3n) is 5.07. The fourth-order valence-electron chi connectivity index (χ4n) is 3.73. The number of nitriles is 1. The SMILES string of the molecule is N#CCCn1ncc(C(=O)O)c1NC(=O)OCC1c2ccccc2-c2ccccc21. The Balaban J connectivity index is 1.51. The van der Waals surface area contributed by atoms with Crippen molar-refractivity contribution in [2.24, 2.45) is 0 Å². The summed E-state index contributed by atoms with van der Waals surface area (Å²) in [5.74, 6) is -1.34. The number of amides is 1. The Labute approximate surface area is 172 Å². The van der Waals surface area contributed by atoms with E-state index in [1.807, 2.05) is 54.6 Å². The Hall–Kier alpha value is -4.12. The highest BCUT2D eigenvalue weighted by atomic mass is 16.5. The molecule has 30 heavy (non-hydrogen) atoms. The van der Waals surface area contributed by atoms with Crippen molar-refractivity contribution in [1.29, 1.82) is 5.26 Å². The summed E-state index contributed by atoms with van der Waals surface area (Å²) in [7, 11) is 0. The number of rotatable bonds is 6. The topological polar surface area (TPSA) is 117 Å². The molecule has 1 heterocycles. The van der Waals surface area contributed by atoms with Crippen molar-refractivity contribution in [2.45, 2.75) is 18.9 Å². The van der Waals surface area contributed by atoms with Crippen molar-refractivity contribution in [1.82, 2.24) is 9.78 Å². The third kappa shape index (κ3) is 3.49. The number of nitrogens with zero attached hydrogens (tertiary/aromatic N) is 3. The first kappa shape index (κ1) is 19.2. The molecule has 0 bridgehead atoms. The van der Waals surface area contributed by atoms with E-state index in [-0.39, 0.29) is 36.9 Å². The van der Waals surface area contributed by atoms with Crippen molar-refractivity contribution < 1.29 is 19.4 Å². The molecule has 1 amide bonds. The molecule has 150 valence electrons. The van der Waals surface area contributed by atoms with Gasteiger partial charge in [-0.2, -0.15) is 10.4 Å². The molecule has 0 saturated carbocycles. The normalized spacial score (nSPS) is 12.0. The van der Waals surface area contributed by atoms with Gasteiger partial charge in [0.2, 0.25) is 0 Å². The van der Waals surface area contributed by atoms with Gasteiger partial charge in [0.1, 0.15) is 18.0 Å². The van der Waals surface area contributed by atoms with Gasteiger partial charge in [0.05, 0.1) is 25.2 Å². The molecule has 2 aromatic carbocycles. The average Bonchev–Trinajstić information content (AvgIpc) is 3.30. The molecule has 3 aromatic rings. The zero-order chi connectivity index (χ0) is 21.1. The number of anilines is 1. The molecule has 0 saturated heterocycles. The first-order valence-corrected chi connectivity index (χ1v) is 9.38. The summed E-state index contributed by atoms with van der Waals surface area (Å²) in [5.41, 5.74) is 4.23. The number of benzene rings is 2. The van der Waals surface area contributed by atoms with Crippen LogP contribution in [0.2, 0.25) is 0 Å². The number of carboxylic acids is 1. The molecule has 1 aliphatic rings. The molecule has 0 radical (unpaired) electrons. The molecule has 0 fully saturated rings. The number of hydrogen-bond acceptors (Lipinski definition) is 5. The quantitative estimate of drug-likeness (QED) is 0.647. The fraction of sp³-hybridized carbons (Fsp3) is 0.182. The molecule has 0 aliphatic heterocycles. The van der Waals surface area contributed by atoms with E-state index in [1.165, 1.54) is 4.68 Å². The Morgan fingerprint density at radius 1 is 1.13 bits per heavy atom. The van der Waals surface area contributed by atoms with Crippen LogP contribution in [-0.4, -0.2) is 33.6 Å². The second kappa shape index (κ2) is 8.09. The number of nitrogens with one attached hydrogen (secondary N) is 1. The van der Waals surface area contributed by atoms with Gasteiger partial charge < -0.3 is 9.84 Å². The standard InChI is InChI=1S/C22H18N4O4/c23-10-5-11-26-20(18(12-24-26)21(27)28)25-22(29)30-13-19-16-8-3-1-6-14(16)15-7-2-4-9-17(15)19/h1-4,6-9,12,19H,5,11,13H2,(H,25,29)(H,27,28). The molecular weight excluding hydrogens is 384 g/mol. The van der Waals surface area contributed by atoms with Crippen LogP contribution in [0, 0.1) is 11.3 Å². The Morgan fingerprint density at radius 2 is 1.77 bits per heavy atom. The van der Waals surface area contributed by atoms with E-state index in [0.717, 1.165) is 28.5 Å². The third-order valence-corrected chi connectivity index (χ3v) is 5.07. The van der Waals surface area contributed by atoms with E-state index in [4.69, 9.17) is 10.00 Å². The summed E-state index contributed by atoms with van der Waals surface area (Å²) in [6, 6.07) is 17.9. The summed E-state index contributed by atoms with van der Waals surface area (Å²) >= 11 is 0. The van der Waals surface area contributed by atoms with E-state index in [2.05, 4.69) is 10.4 Å². The predicted molar refractivity (Wildman–Crippen MR) is 108 cm³/mol. The van der Waals surface area contributed by atoms with Gasteiger partial charge in [-0.3, -0.25) is 5.32 Å². The number of aryl methyl sites for hydroxylation is 1. The van der Waals surface area contributed by atoms with Crippen LogP contribution in [0.25, 0.3) is 11.1 Å². The minimum atomic E-state index is -1.23. The lowest BCUT2D eigenvalue weighted by Crippen LogP contribution is -2.21. The highest BCUT2D eigenvalue weighted by Gasteiger charge is 2.29. The number of hydrogen-bond donors (Lipinski definition) is 2. The summed E-state index contributed by atoms with van der Waals surface area (Å²) in [6.45, 7) is 0.261. The van der Waals surface area contributed by atoms with Crippen molar-refractivity contribution >= 4 is 17.9 Å². The van der Waals surface area contributed by atoms with Gasteiger partial charge in [-0.05, 0) is 22.3 Å². The number of carbonyl (C=O) groups is 2. The van der Waals surface area contributed by atoms with Crippen LogP contribution in [0.4, 0.5) is 10.6 Å². The average molecular weight is 402 g/mol. The zero-order valence-corrected chi connectivity index (χ0v) is 15.9. The van der Waals surface area contributed by atoms with Gasteiger partial charge in [0.25, 0.3) is 0 Å². The van der Waals surface area contributed by atoms with Gasteiger partial charge >= 0.3 is 12.1 Å². The maximum absolute atomic E-state index is 12.5. The molecule has 4 rings (SSSR count). The van der Waals surface area contributed by atoms with Gasteiger partial charge in [-0.25, -0.2) is 14.3 Å². The predicted octanol–water partition coefficient (Wildman–Crippen LogP) is 3.86. The minimum absolute atomic E-state index is 0.00466. The van der Waals surface area contributed by atoms with Gasteiger partial charge in [0.15, 0.2) is 0 Å². The first-order chi connectivity index (χ1) is 14.6. The van der Waals surface area contributed by atoms with Crippen LogP contribution in [0.3, 0.4) is 0 Å². The summed E-state index contributed by atoms with van der Waals surface area (Å²) in [4.78, 5) is 23.9. The zero-order valence-electron chi connectivity index (χ0n) is 15.9. The molecule has 0 unspecified atom stereocenters. The Bertz CT molecular complexity index is 1120. The van der Waals surface area contributed by atoms with Crippen LogP contribution in [0.5, 0.6) is 0 Å². The summed E-state index contributed by atoms with van der Waals surface area (Å²) in [6.07, 6.45) is 0.483. The lowest BCUT2D eigenvalue weighted by Gasteiger charge is -2.15. The Kier molecular flexibility index (Phi) is 5.18. The van der Waals surface area contributed by atoms with Crippen LogP contribution < -0.4 is 5.32 Å². The smallest absolute Gasteiger partial charge is 0.412 e. The molecular formula is C22H18N4O4. The number of carboxylic acid groups (broad SMARTS) is 1. The maximum atomic E-state index is 12.5. The molecule has 1 aliphatic carbocycles. The van der Waals surface area contributed by atoms with Gasteiger partial charge in [-0.15, -0.1) is 0 Å². The van der Waals surface area contributed by atoms with Crippen LogP contribution in [0.15, 0.2) is 54.7 Å². The molecule has 0 spiro atoms. The minimum Gasteiger partial charge on any atom is -0.477 e. The Morgan fingerprint density at radius 3 is 2.37 bits per heavy atom. The maximum Gasteiger partial charge on any atom is 0.412 e. The molecule has 1 aromatic heterocycles. The van der Waals surface area contributed by atoms with Crippen molar-refractivity contribution in [3.05, 3.63) is 71.4 Å². The number of fused-ring (bicyclic) bond motifs is 3. The molecule has 2 N–H and O–H groups in total.